The van der Waals surface area contributed by atoms with Crippen LogP contribution >= 0.6 is 27.7 Å². The van der Waals surface area contributed by atoms with Crippen LogP contribution in [-0.2, 0) is 0 Å². The molecule has 0 spiro atoms. The minimum atomic E-state index is 0.730. The van der Waals surface area contributed by atoms with Crippen molar-refractivity contribution >= 4 is 27.7 Å². The molecule has 3 heteroatoms. The Morgan fingerprint density at radius 2 is 2.18 bits per heavy atom. The van der Waals surface area contributed by atoms with Crippen molar-refractivity contribution < 1.29 is 0 Å². The lowest BCUT2D eigenvalue weighted by atomic mass is 9.95. The minimum absolute atomic E-state index is 0.730. The number of hydrogen-bond acceptors (Lipinski definition) is 2. The third-order valence-corrected chi connectivity index (χ3v) is 5.57. The molecule has 1 aromatic carbocycles. The van der Waals surface area contributed by atoms with E-state index in [1.165, 1.54) is 35.1 Å². The Kier molecular flexibility index (Phi) is 5.39. The second kappa shape index (κ2) is 6.81. The van der Waals surface area contributed by atoms with Crippen molar-refractivity contribution in [2.45, 2.75) is 48.8 Å². The molecular weight excluding hydrogens is 294 g/mol. The molecule has 0 aliphatic heterocycles. The van der Waals surface area contributed by atoms with Gasteiger partial charge in [-0.1, -0.05) is 25.5 Å². The fraction of sp³-hybridized carbons (Fsp3) is 0.571. The number of nitrogens with one attached hydrogen (secondary N) is 1. The van der Waals surface area contributed by atoms with Crippen LogP contribution in [0.5, 0.6) is 0 Å². The first-order valence-electron chi connectivity index (χ1n) is 6.44. The van der Waals surface area contributed by atoms with Gasteiger partial charge in [0.25, 0.3) is 0 Å². The molecule has 1 fully saturated rings. The predicted molar refractivity (Wildman–Crippen MR) is 79.7 cm³/mol. The molecule has 0 aromatic heterocycles. The average Bonchev–Trinajstić information content (AvgIpc) is 2.33. The van der Waals surface area contributed by atoms with Crippen molar-refractivity contribution in [2.75, 3.05) is 6.54 Å². The van der Waals surface area contributed by atoms with Gasteiger partial charge in [-0.25, -0.2) is 0 Å². The van der Waals surface area contributed by atoms with Gasteiger partial charge in [-0.05, 0) is 53.9 Å². The van der Waals surface area contributed by atoms with Gasteiger partial charge >= 0.3 is 0 Å². The minimum Gasteiger partial charge on any atom is -0.314 e. The average molecular weight is 314 g/mol. The molecule has 2 unspecified atom stereocenters. The van der Waals surface area contributed by atoms with Gasteiger partial charge in [0.05, 0.1) is 0 Å². The molecule has 1 aliphatic carbocycles. The maximum absolute atomic E-state index is 3.63. The van der Waals surface area contributed by atoms with Crippen molar-refractivity contribution in [3.05, 3.63) is 28.7 Å². The number of hydrogen-bond donors (Lipinski definition) is 1. The number of rotatable bonds is 4. The molecule has 1 aliphatic rings. The Morgan fingerprint density at radius 1 is 1.35 bits per heavy atom. The number of thioether (sulfide) groups is 1. The first-order valence-corrected chi connectivity index (χ1v) is 8.11. The summed E-state index contributed by atoms with van der Waals surface area (Å²) in [5.41, 5.74) is 0. The Morgan fingerprint density at radius 3 is 2.94 bits per heavy atom. The molecule has 17 heavy (non-hydrogen) atoms. The fourth-order valence-corrected chi connectivity index (χ4v) is 4.32. The Labute approximate surface area is 117 Å². The second-order valence-corrected chi connectivity index (χ2v) is 6.79. The third-order valence-electron chi connectivity index (χ3n) is 3.25. The third kappa shape index (κ3) is 4.01. The van der Waals surface area contributed by atoms with Crippen LogP contribution in [0.3, 0.4) is 0 Å². The summed E-state index contributed by atoms with van der Waals surface area (Å²) in [6.45, 7) is 3.29. The molecule has 1 N–H and O–H groups in total. The predicted octanol–water partition coefficient (Wildman–Crippen LogP) is 4.46. The zero-order valence-corrected chi connectivity index (χ0v) is 12.7. The lowest BCUT2D eigenvalue weighted by Gasteiger charge is -2.29. The summed E-state index contributed by atoms with van der Waals surface area (Å²) < 4.78 is 1.23. The topological polar surface area (TPSA) is 12.0 Å². The molecule has 0 saturated heterocycles. The quantitative estimate of drug-likeness (QED) is 0.880. The maximum Gasteiger partial charge on any atom is 0.0311 e. The van der Waals surface area contributed by atoms with Gasteiger partial charge in [-0.3, -0.25) is 0 Å². The van der Waals surface area contributed by atoms with Crippen LogP contribution in [-0.4, -0.2) is 17.8 Å². The van der Waals surface area contributed by atoms with Gasteiger partial charge < -0.3 is 5.32 Å². The van der Waals surface area contributed by atoms with Crippen LogP contribution in [0.4, 0.5) is 0 Å². The van der Waals surface area contributed by atoms with Gasteiger partial charge in [-0.15, -0.1) is 11.8 Å². The molecule has 0 heterocycles. The fourth-order valence-electron chi connectivity index (χ4n) is 2.45. The van der Waals surface area contributed by atoms with Gasteiger partial charge in [0.15, 0.2) is 0 Å². The van der Waals surface area contributed by atoms with Crippen molar-refractivity contribution in [1.29, 1.82) is 0 Å². The summed E-state index contributed by atoms with van der Waals surface area (Å²) in [7, 11) is 0. The molecular formula is C14H20BrNS. The largest absolute Gasteiger partial charge is 0.314 e. The SMILES string of the molecule is CCNC1CCCC(Sc2ccccc2Br)C1. The monoisotopic (exact) mass is 313 g/mol. The van der Waals surface area contributed by atoms with E-state index in [9.17, 15) is 0 Å². The number of halogens is 1. The maximum atomic E-state index is 3.63. The van der Waals surface area contributed by atoms with E-state index < -0.39 is 0 Å². The summed E-state index contributed by atoms with van der Waals surface area (Å²) in [5.74, 6) is 0. The zero-order valence-electron chi connectivity index (χ0n) is 10.3. The molecule has 0 bridgehead atoms. The van der Waals surface area contributed by atoms with E-state index in [2.05, 4.69) is 52.4 Å². The van der Waals surface area contributed by atoms with Crippen LogP contribution in [0.15, 0.2) is 33.6 Å². The highest BCUT2D eigenvalue weighted by atomic mass is 79.9. The van der Waals surface area contributed by atoms with E-state index in [0.717, 1.165) is 17.8 Å². The molecule has 94 valence electrons. The van der Waals surface area contributed by atoms with Crippen molar-refractivity contribution in [1.82, 2.24) is 5.32 Å². The molecule has 1 aromatic rings. The lowest BCUT2D eigenvalue weighted by Crippen LogP contribution is -2.34. The Hall–Kier alpha value is 0.01000. The summed E-state index contributed by atoms with van der Waals surface area (Å²) in [6, 6.07) is 9.28. The van der Waals surface area contributed by atoms with E-state index in [4.69, 9.17) is 0 Å². The van der Waals surface area contributed by atoms with E-state index in [0.29, 0.717) is 0 Å². The highest BCUT2D eigenvalue weighted by molar-refractivity contribution is 9.10. The van der Waals surface area contributed by atoms with E-state index >= 15 is 0 Å². The number of benzene rings is 1. The van der Waals surface area contributed by atoms with E-state index in [1.807, 2.05) is 11.8 Å². The van der Waals surface area contributed by atoms with E-state index in [1.54, 1.807) is 0 Å². The molecule has 2 rings (SSSR count). The van der Waals surface area contributed by atoms with Crippen molar-refractivity contribution in [2.24, 2.45) is 0 Å². The lowest BCUT2D eigenvalue weighted by molar-refractivity contribution is 0.387. The van der Waals surface area contributed by atoms with Gasteiger partial charge in [0, 0.05) is 20.7 Å². The second-order valence-electron chi connectivity index (χ2n) is 4.59. The summed E-state index contributed by atoms with van der Waals surface area (Å²) in [4.78, 5) is 1.38. The normalized spacial score (nSPS) is 24.8. The first-order chi connectivity index (χ1) is 8.29. The van der Waals surface area contributed by atoms with Crippen LogP contribution in [0, 0.1) is 0 Å². The van der Waals surface area contributed by atoms with Gasteiger partial charge in [0.1, 0.15) is 0 Å². The first kappa shape index (κ1) is 13.4. The van der Waals surface area contributed by atoms with Gasteiger partial charge in [-0.2, -0.15) is 0 Å². The molecule has 2 atom stereocenters. The summed E-state index contributed by atoms with van der Waals surface area (Å²) >= 11 is 5.67. The van der Waals surface area contributed by atoms with E-state index in [-0.39, 0.29) is 0 Å². The highest BCUT2D eigenvalue weighted by Gasteiger charge is 2.22. The Balaban J connectivity index is 1.92. The van der Waals surface area contributed by atoms with Crippen LogP contribution in [0.1, 0.15) is 32.6 Å². The van der Waals surface area contributed by atoms with Crippen LogP contribution in [0.2, 0.25) is 0 Å². The summed E-state index contributed by atoms with van der Waals surface area (Å²) in [6.07, 6.45) is 5.37. The van der Waals surface area contributed by atoms with Crippen molar-refractivity contribution in [3.8, 4) is 0 Å². The molecule has 1 nitrogen and oxygen atoms in total. The standard InChI is InChI=1S/C14H20BrNS/c1-2-16-11-6-5-7-12(10-11)17-14-9-4-3-8-13(14)15/h3-4,8-9,11-12,16H,2,5-7,10H2,1H3. The highest BCUT2D eigenvalue weighted by Crippen LogP contribution is 2.36. The Bertz CT molecular complexity index is 354. The molecule has 0 amide bonds. The molecule has 0 radical (unpaired) electrons. The van der Waals surface area contributed by atoms with Gasteiger partial charge in [0.2, 0.25) is 0 Å². The molecule has 1 saturated carbocycles. The van der Waals surface area contributed by atoms with Crippen LogP contribution in [0.25, 0.3) is 0 Å². The smallest absolute Gasteiger partial charge is 0.0311 e. The van der Waals surface area contributed by atoms with Crippen LogP contribution < -0.4 is 5.32 Å². The summed E-state index contributed by atoms with van der Waals surface area (Å²) in [5, 5.41) is 4.36. The van der Waals surface area contributed by atoms with Crippen molar-refractivity contribution in [3.63, 3.8) is 0 Å². The zero-order chi connectivity index (χ0) is 12.1.